The molecule has 0 aliphatic heterocycles. The number of Topliss-reactive ketones (excluding diaryl/α,β-unsaturated/α-hetero) is 2. The summed E-state index contributed by atoms with van der Waals surface area (Å²) in [5, 5.41) is 0. The van der Waals surface area contributed by atoms with Crippen LogP contribution in [0.3, 0.4) is 0 Å². The van der Waals surface area contributed by atoms with Crippen LogP contribution in [0, 0.1) is 28.6 Å². The van der Waals surface area contributed by atoms with E-state index in [-0.39, 0.29) is 34.2 Å². The molecule has 0 amide bonds. The highest BCUT2D eigenvalue weighted by molar-refractivity contribution is 6.09. The standard InChI is InChI=1S/C18H22O3/c1-17-7-5-10(19)9-13(17)16(21)15-11-3-4-14(20)18(11,2)8-6-12(15)17/h9,11-12,15H,3-8H2,1-2H3/t11-,12-,15-,17+,18-/m0/s1. The number of rotatable bonds is 0. The second kappa shape index (κ2) is 3.93. The molecule has 0 saturated heterocycles. The van der Waals surface area contributed by atoms with Crippen LogP contribution in [0.4, 0.5) is 0 Å². The third-order valence-corrected chi connectivity index (χ3v) is 7.18. The number of hydrogen-bond acceptors (Lipinski definition) is 3. The smallest absolute Gasteiger partial charge is 0.163 e. The van der Waals surface area contributed by atoms with E-state index in [2.05, 4.69) is 13.8 Å². The number of fused-ring (bicyclic) bond motifs is 5. The second-order valence-corrected chi connectivity index (χ2v) is 7.96. The van der Waals surface area contributed by atoms with Gasteiger partial charge in [0, 0.05) is 35.2 Å². The summed E-state index contributed by atoms with van der Waals surface area (Å²) >= 11 is 0. The largest absolute Gasteiger partial charge is 0.299 e. The Morgan fingerprint density at radius 3 is 2.43 bits per heavy atom. The highest BCUT2D eigenvalue weighted by atomic mass is 16.1. The van der Waals surface area contributed by atoms with Gasteiger partial charge in [0.25, 0.3) is 0 Å². The Balaban J connectivity index is 1.81. The minimum absolute atomic E-state index is 0.0163. The molecule has 4 rings (SSSR count). The van der Waals surface area contributed by atoms with Gasteiger partial charge in [-0.3, -0.25) is 14.4 Å². The molecule has 0 aromatic heterocycles. The first-order valence-electron chi connectivity index (χ1n) is 8.20. The number of carbonyl (C=O) groups is 3. The van der Waals surface area contributed by atoms with Crippen molar-refractivity contribution < 1.29 is 14.4 Å². The van der Waals surface area contributed by atoms with E-state index in [9.17, 15) is 14.4 Å². The molecule has 5 atom stereocenters. The third-order valence-electron chi connectivity index (χ3n) is 7.18. The number of hydrogen-bond donors (Lipinski definition) is 0. The van der Waals surface area contributed by atoms with Gasteiger partial charge in [0.05, 0.1) is 0 Å². The van der Waals surface area contributed by atoms with Crippen molar-refractivity contribution in [1.29, 1.82) is 0 Å². The van der Waals surface area contributed by atoms with Gasteiger partial charge >= 0.3 is 0 Å². The van der Waals surface area contributed by atoms with Crippen molar-refractivity contribution in [2.24, 2.45) is 28.6 Å². The van der Waals surface area contributed by atoms with Gasteiger partial charge in [0.15, 0.2) is 11.6 Å². The van der Waals surface area contributed by atoms with Crippen molar-refractivity contribution in [3.63, 3.8) is 0 Å². The van der Waals surface area contributed by atoms with Crippen LogP contribution in [-0.2, 0) is 14.4 Å². The lowest BCUT2D eigenvalue weighted by molar-refractivity contribution is -0.133. The van der Waals surface area contributed by atoms with Gasteiger partial charge in [0.1, 0.15) is 5.78 Å². The van der Waals surface area contributed by atoms with Crippen LogP contribution in [0.15, 0.2) is 11.6 Å². The van der Waals surface area contributed by atoms with Gasteiger partial charge in [-0.05, 0) is 43.6 Å². The Morgan fingerprint density at radius 1 is 0.952 bits per heavy atom. The summed E-state index contributed by atoms with van der Waals surface area (Å²) in [6.07, 6.45) is 6.36. The molecule has 0 radical (unpaired) electrons. The van der Waals surface area contributed by atoms with Gasteiger partial charge in [-0.1, -0.05) is 13.8 Å². The van der Waals surface area contributed by atoms with Crippen molar-refractivity contribution in [1.82, 2.24) is 0 Å². The van der Waals surface area contributed by atoms with Crippen LogP contribution < -0.4 is 0 Å². The van der Waals surface area contributed by atoms with Gasteiger partial charge < -0.3 is 0 Å². The number of ketones is 3. The second-order valence-electron chi connectivity index (χ2n) is 7.96. The third kappa shape index (κ3) is 1.47. The van der Waals surface area contributed by atoms with Crippen LogP contribution >= 0.6 is 0 Å². The van der Waals surface area contributed by atoms with Crippen LogP contribution in [0.2, 0.25) is 0 Å². The van der Waals surface area contributed by atoms with E-state index in [0.717, 1.165) is 31.3 Å². The van der Waals surface area contributed by atoms with Crippen LogP contribution in [-0.4, -0.2) is 17.3 Å². The van der Waals surface area contributed by atoms with E-state index in [4.69, 9.17) is 0 Å². The fourth-order valence-corrected chi connectivity index (χ4v) is 5.83. The average Bonchev–Trinajstić information content (AvgIpc) is 2.86. The van der Waals surface area contributed by atoms with Crippen molar-refractivity contribution in [3.05, 3.63) is 11.6 Å². The van der Waals surface area contributed by atoms with Gasteiger partial charge in [0.2, 0.25) is 0 Å². The highest BCUT2D eigenvalue weighted by Crippen LogP contribution is 2.65. The first kappa shape index (κ1) is 13.4. The van der Waals surface area contributed by atoms with Crippen molar-refractivity contribution in [2.75, 3.05) is 0 Å². The molecule has 0 aromatic rings. The molecule has 3 heteroatoms. The first-order valence-corrected chi connectivity index (χ1v) is 8.20. The highest BCUT2D eigenvalue weighted by Gasteiger charge is 2.64. The molecule has 3 fully saturated rings. The molecular formula is C18H22O3. The molecule has 0 aromatic carbocycles. The lowest BCUT2D eigenvalue weighted by Crippen LogP contribution is -2.44. The topological polar surface area (TPSA) is 51.2 Å². The number of carbonyl (C=O) groups excluding carboxylic acids is 3. The maximum atomic E-state index is 13.0. The maximum absolute atomic E-state index is 13.0. The van der Waals surface area contributed by atoms with Gasteiger partial charge in [-0.2, -0.15) is 0 Å². The zero-order valence-electron chi connectivity index (χ0n) is 12.8. The van der Waals surface area contributed by atoms with Crippen LogP contribution in [0.1, 0.15) is 52.4 Å². The Morgan fingerprint density at radius 2 is 1.67 bits per heavy atom. The van der Waals surface area contributed by atoms with Crippen LogP contribution in [0.25, 0.3) is 0 Å². The van der Waals surface area contributed by atoms with Gasteiger partial charge in [-0.25, -0.2) is 0 Å². The molecule has 112 valence electrons. The lowest BCUT2D eigenvalue weighted by Gasteiger charge is -2.45. The summed E-state index contributed by atoms with van der Waals surface area (Å²) in [5.41, 5.74) is 0.366. The van der Waals surface area contributed by atoms with E-state index < -0.39 is 0 Å². The molecule has 0 bridgehead atoms. The summed E-state index contributed by atoms with van der Waals surface area (Å²) in [6.45, 7) is 4.24. The molecular weight excluding hydrogens is 264 g/mol. The molecule has 0 heterocycles. The zero-order chi connectivity index (χ0) is 15.0. The number of allylic oxidation sites excluding steroid dienone is 2. The fourth-order valence-electron chi connectivity index (χ4n) is 5.83. The minimum Gasteiger partial charge on any atom is -0.299 e. The summed E-state index contributed by atoms with van der Waals surface area (Å²) in [5.74, 6) is 1.16. The molecule has 3 saturated carbocycles. The molecule has 0 spiro atoms. The van der Waals surface area contributed by atoms with Crippen molar-refractivity contribution in [2.45, 2.75) is 52.4 Å². The molecule has 0 unspecified atom stereocenters. The van der Waals surface area contributed by atoms with E-state index in [1.807, 2.05) is 0 Å². The van der Waals surface area contributed by atoms with E-state index in [1.165, 1.54) is 0 Å². The summed E-state index contributed by atoms with van der Waals surface area (Å²) in [6, 6.07) is 0. The average molecular weight is 286 g/mol. The summed E-state index contributed by atoms with van der Waals surface area (Å²) in [4.78, 5) is 37.0. The van der Waals surface area contributed by atoms with Gasteiger partial charge in [-0.15, -0.1) is 0 Å². The minimum atomic E-state index is -0.286. The Labute approximate surface area is 125 Å². The SMILES string of the molecule is C[C@]12CCC(=O)C=C1C(=O)[C@@H]1[C@@H]2CC[C@]2(C)C(=O)CC[C@@H]12. The maximum Gasteiger partial charge on any atom is 0.163 e. The van der Waals surface area contributed by atoms with E-state index in [1.54, 1.807) is 6.08 Å². The van der Waals surface area contributed by atoms with E-state index in [0.29, 0.717) is 24.5 Å². The predicted octanol–water partition coefficient (Wildman–Crippen LogP) is 2.88. The molecule has 3 nitrogen and oxygen atoms in total. The lowest BCUT2D eigenvalue weighted by atomic mass is 9.57. The van der Waals surface area contributed by atoms with Crippen molar-refractivity contribution >= 4 is 17.3 Å². The Hall–Kier alpha value is -1.25. The Bertz CT molecular complexity index is 602. The molecule has 4 aliphatic rings. The zero-order valence-corrected chi connectivity index (χ0v) is 12.8. The predicted molar refractivity (Wildman–Crippen MR) is 77.5 cm³/mol. The Kier molecular flexibility index (Phi) is 2.51. The summed E-state index contributed by atoms with van der Waals surface area (Å²) in [7, 11) is 0. The molecule has 4 aliphatic carbocycles. The van der Waals surface area contributed by atoms with Crippen molar-refractivity contribution in [3.8, 4) is 0 Å². The van der Waals surface area contributed by atoms with Crippen LogP contribution in [0.5, 0.6) is 0 Å². The van der Waals surface area contributed by atoms with E-state index >= 15 is 0 Å². The molecule has 21 heavy (non-hydrogen) atoms. The normalized spacial score (nSPS) is 48.8. The quantitative estimate of drug-likeness (QED) is 0.688. The summed E-state index contributed by atoms with van der Waals surface area (Å²) < 4.78 is 0. The fraction of sp³-hybridized carbons (Fsp3) is 0.722. The first-order chi connectivity index (χ1) is 9.88. The molecule has 0 N–H and O–H groups in total. The monoisotopic (exact) mass is 286 g/mol.